The van der Waals surface area contributed by atoms with Crippen LogP contribution >= 0.6 is 0 Å². The second-order valence-electron chi connectivity index (χ2n) is 5.36. The molecule has 2 atom stereocenters. The van der Waals surface area contributed by atoms with Gasteiger partial charge in [0.2, 0.25) is 0 Å². The summed E-state index contributed by atoms with van der Waals surface area (Å²) in [6.07, 6.45) is 1.61. The summed E-state index contributed by atoms with van der Waals surface area (Å²) in [6, 6.07) is -0.253. The highest BCUT2D eigenvalue weighted by molar-refractivity contribution is 5.92. The zero-order chi connectivity index (χ0) is 15.0. The molecule has 1 aromatic rings. The van der Waals surface area contributed by atoms with Crippen molar-refractivity contribution in [1.82, 2.24) is 25.2 Å². The van der Waals surface area contributed by atoms with Crippen molar-refractivity contribution in [3.63, 3.8) is 0 Å². The van der Waals surface area contributed by atoms with Gasteiger partial charge in [0.15, 0.2) is 5.69 Å². The monoisotopic (exact) mass is 295 g/mol. The molecule has 3 heterocycles. The minimum atomic E-state index is -0.957. The number of hydrogen-bond acceptors (Lipinski definition) is 6. The van der Waals surface area contributed by atoms with E-state index < -0.39 is 17.9 Å². The van der Waals surface area contributed by atoms with E-state index in [4.69, 9.17) is 9.84 Å². The van der Waals surface area contributed by atoms with Crippen LogP contribution in [-0.2, 0) is 9.53 Å². The fourth-order valence-corrected chi connectivity index (χ4v) is 2.51. The van der Waals surface area contributed by atoms with Crippen LogP contribution in [-0.4, -0.2) is 76.3 Å². The Morgan fingerprint density at radius 1 is 1.48 bits per heavy atom. The Morgan fingerprint density at radius 2 is 2.24 bits per heavy atom. The Bertz CT molecular complexity index is 556. The fraction of sp³-hybridized carbons (Fsp3) is 0.667. The maximum Gasteiger partial charge on any atom is 0.311 e. The Balaban J connectivity index is 1.71. The van der Waals surface area contributed by atoms with Crippen LogP contribution in [0.1, 0.15) is 16.5 Å². The third kappa shape index (κ3) is 2.49. The number of carboxylic acid groups (broad SMARTS) is 1. The number of likely N-dealkylation sites (N-methyl/N-ethyl adjacent to an activating group) is 1. The number of hydrogen-bond donors (Lipinski definition) is 2. The van der Waals surface area contributed by atoms with E-state index in [1.54, 1.807) is 17.9 Å². The van der Waals surface area contributed by atoms with Gasteiger partial charge in [-0.25, -0.2) is 4.68 Å². The molecule has 0 bridgehead atoms. The van der Waals surface area contributed by atoms with Crippen LogP contribution in [0.2, 0.25) is 0 Å². The molecule has 3 rings (SSSR count). The number of nitrogens with one attached hydrogen (secondary N) is 1. The highest BCUT2D eigenvalue weighted by atomic mass is 16.5. The van der Waals surface area contributed by atoms with Gasteiger partial charge in [0.25, 0.3) is 5.91 Å². The van der Waals surface area contributed by atoms with E-state index in [1.807, 2.05) is 0 Å². The van der Waals surface area contributed by atoms with E-state index >= 15 is 0 Å². The normalized spacial score (nSPS) is 25.6. The molecule has 0 aliphatic carbocycles. The van der Waals surface area contributed by atoms with Crippen LogP contribution in [0, 0.1) is 5.92 Å². The predicted molar refractivity (Wildman–Crippen MR) is 69.8 cm³/mol. The van der Waals surface area contributed by atoms with Gasteiger partial charge in [0, 0.05) is 20.1 Å². The van der Waals surface area contributed by atoms with Gasteiger partial charge in [0.1, 0.15) is 5.92 Å². The van der Waals surface area contributed by atoms with Crippen LogP contribution < -0.4 is 5.32 Å². The fourth-order valence-electron chi connectivity index (χ4n) is 2.51. The van der Waals surface area contributed by atoms with Gasteiger partial charge in [0.05, 0.1) is 31.5 Å². The van der Waals surface area contributed by atoms with Gasteiger partial charge in [-0.3, -0.25) is 9.59 Å². The van der Waals surface area contributed by atoms with Crippen molar-refractivity contribution >= 4 is 11.9 Å². The van der Waals surface area contributed by atoms with Crippen LogP contribution in [0.15, 0.2) is 6.20 Å². The molecule has 114 valence electrons. The quantitative estimate of drug-likeness (QED) is 0.702. The van der Waals surface area contributed by atoms with Crippen LogP contribution in [0.3, 0.4) is 0 Å². The number of rotatable bonds is 4. The molecular formula is C12H17N5O4. The Kier molecular flexibility index (Phi) is 3.60. The van der Waals surface area contributed by atoms with E-state index in [0.717, 1.165) is 13.1 Å². The molecule has 21 heavy (non-hydrogen) atoms. The van der Waals surface area contributed by atoms with Crippen LogP contribution in [0.5, 0.6) is 0 Å². The van der Waals surface area contributed by atoms with Crippen molar-refractivity contribution in [3.8, 4) is 0 Å². The summed E-state index contributed by atoms with van der Waals surface area (Å²) in [5.74, 6) is -2.00. The van der Waals surface area contributed by atoms with Crippen LogP contribution in [0.4, 0.5) is 0 Å². The predicted octanol–water partition coefficient (Wildman–Crippen LogP) is -1.41. The molecule has 9 nitrogen and oxygen atoms in total. The molecule has 2 unspecified atom stereocenters. The Hall–Kier alpha value is -2.00. The first-order chi connectivity index (χ1) is 10.1. The number of amides is 1. The minimum absolute atomic E-state index is 0.123. The van der Waals surface area contributed by atoms with Gasteiger partial charge in [-0.2, -0.15) is 0 Å². The molecule has 2 fully saturated rings. The Labute approximate surface area is 120 Å². The second-order valence-corrected chi connectivity index (χ2v) is 5.36. The lowest BCUT2D eigenvalue weighted by molar-refractivity contribution is -0.142. The molecule has 0 spiro atoms. The van der Waals surface area contributed by atoms with Crippen molar-refractivity contribution in [2.45, 2.75) is 12.1 Å². The second kappa shape index (κ2) is 5.41. The lowest BCUT2D eigenvalue weighted by Crippen LogP contribution is -2.44. The summed E-state index contributed by atoms with van der Waals surface area (Å²) in [5, 5.41) is 20.1. The van der Waals surface area contributed by atoms with Gasteiger partial charge < -0.3 is 20.1 Å². The molecule has 1 amide bonds. The summed E-state index contributed by atoms with van der Waals surface area (Å²) in [5.41, 5.74) is 0.223. The molecule has 1 aromatic heterocycles. The number of nitrogens with zero attached hydrogens (tertiary/aromatic N) is 4. The zero-order valence-electron chi connectivity index (χ0n) is 11.6. The number of carboxylic acids is 1. The lowest BCUT2D eigenvalue weighted by Gasteiger charge is -2.26. The topological polar surface area (TPSA) is 110 Å². The van der Waals surface area contributed by atoms with Gasteiger partial charge in [-0.1, -0.05) is 5.21 Å². The van der Waals surface area contributed by atoms with E-state index in [0.29, 0.717) is 0 Å². The van der Waals surface area contributed by atoms with E-state index in [-0.39, 0.29) is 30.9 Å². The maximum absolute atomic E-state index is 12.4. The van der Waals surface area contributed by atoms with E-state index in [1.165, 1.54) is 4.90 Å². The molecule has 2 saturated heterocycles. The lowest BCUT2D eigenvalue weighted by atomic mass is 10.0. The summed E-state index contributed by atoms with van der Waals surface area (Å²) < 4.78 is 6.85. The van der Waals surface area contributed by atoms with Crippen LogP contribution in [0.25, 0.3) is 0 Å². The SMILES string of the molecule is CN(C(=O)c1cn(C2CNC2)nn1)C1COCC1C(=O)O. The molecular weight excluding hydrogens is 278 g/mol. The van der Waals surface area contributed by atoms with E-state index in [2.05, 4.69) is 15.6 Å². The number of carbonyl (C=O) groups excluding carboxylic acids is 1. The molecule has 0 aromatic carbocycles. The molecule has 2 N–H and O–H groups in total. The first kappa shape index (κ1) is 14.0. The molecule has 2 aliphatic rings. The molecule has 0 saturated carbocycles. The van der Waals surface area contributed by atoms with Gasteiger partial charge in [-0.15, -0.1) is 5.10 Å². The average molecular weight is 295 g/mol. The maximum atomic E-state index is 12.4. The highest BCUT2D eigenvalue weighted by Crippen LogP contribution is 2.20. The molecule has 0 radical (unpaired) electrons. The van der Waals surface area contributed by atoms with Crippen molar-refractivity contribution < 1.29 is 19.4 Å². The van der Waals surface area contributed by atoms with Crippen molar-refractivity contribution in [3.05, 3.63) is 11.9 Å². The van der Waals surface area contributed by atoms with E-state index in [9.17, 15) is 9.59 Å². The third-order valence-electron chi connectivity index (χ3n) is 4.05. The average Bonchev–Trinajstić information content (AvgIpc) is 3.03. The highest BCUT2D eigenvalue weighted by Gasteiger charge is 2.39. The number of ether oxygens (including phenoxy) is 1. The standard InChI is InChI=1S/C12H17N5O4/c1-16(10-6-21-5-8(10)12(19)20)11(18)9-4-17(15-14-9)7-2-13-3-7/h4,7-8,10,13H,2-3,5-6H2,1H3,(H,19,20). The third-order valence-corrected chi connectivity index (χ3v) is 4.05. The molecule has 2 aliphatic heterocycles. The summed E-state index contributed by atoms with van der Waals surface area (Å²) >= 11 is 0. The van der Waals surface area contributed by atoms with Crippen molar-refractivity contribution in [1.29, 1.82) is 0 Å². The van der Waals surface area contributed by atoms with Crippen molar-refractivity contribution in [2.75, 3.05) is 33.4 Å². The van der Waals surface area contributed by atoms with Gasteiger partial charge in [-0.05, 0) is 0 Å². The molecule has 9 heteroatoms. The zero-order valence-corrected chi connectivity index (χ0v) is 11.6. The smallest absolute Gasteiger partial charge is 0.311 e. The first-order valence-corrected chi connectivity index (χ1v) is 6.78. The Morgan fingerprint density at radius 3 is 2.86 bits per heavy atom. The summed E-state index contributed by atoms with van der Waals surface area (Å²) in [7, 11) is 1.57. The summed E-state index contributed by atoms with van der Waals surface area (Å²) in [4.78, 5) is 24.9. The number of aliphatic carboxylic acids is 1. The minimum Gasteiger partial charge on any atom is -0.481 e. The largest absolute Gasteiger partial charge is 0.481 e. The van der Waals surface area contributed by atoms with Crippen molar-refractivity contribution in [2.24, 2.45) is 5.92 Å². The first-order valence-electron chi connectivity index (χ1n) is 6.78. The summed E-state index contributed by atoms with van der Waals surface area (Å²) in [6.45, 7) is 1.96. The number of aromatic nitrogens is 3. The number of carbonyl (C=O) groups is 2. The van der Waals surface area contributed by atoms with Gasteiger partial charge >= 0.3 is 5.97 Å².